The molecular formula is C17H35NO2. The van der Waals surface area contributed by atoms with Gasteiger partial charge in [-0.25, -0.2) is 0 Å². The van der Waals surface area contributed by atoms with Crippen LogP contribution in [-0.4, -0.2) is 36.5 Å². The molecule has 0 heterocycles. The number of unbranched alkanes of at least 4 members (excludes halogenated alkanes) is 1. The molecule has 0 radical (unpaired) electrons. The summed E-state index contributed by atoms with van der Waals surface area (Å²) in [6, 6.07) is 0.645. The first-order valence-corrected chi connectivity index (χ1v) is 8.59. The van der Waals surface area contributed by atoms with Gasteiger partial charge in [0, 0.05) is 24.8 Å². The van der Waals surface area contributed by atoms with Crippen molar-refractivity contribution in [3.05, 3.63) is 0 Å². The minimum atomic E-state index is -0.114. The molecule has 20 heavy (non-hydrogen) atoms. The molecule has 2 atom stereocenters. The summed E-state index contributed by atoms with van der Waals surface area (Å²) in [6.07, 6.45) is 9.66. The second kappa shape index (κ2) is 9.75. The van der Waals surface area contributed by atoms with Crippen LogP contribution in [0.5, 0.6) is 0 Å². The van der Waals surface area contributed by atoms with Gasteiger partial charge in [0.25, 0.3) is 0 Å². The molecule has 0 aromatic rings. The summed E-state index contributed by atoms with van der Waals surface area (Å²) in [4.78, 5) is 0. The van der Waals surface area contributed by atoms with Crippen LogP contribution in [0.4, 0.5) is 0 Å². The molecule has 1 aliphatic rings. The Bertz CT molecular complexity index is 243. The molecule has 0 amide bonds. The average molecular weight is 285 g/mol. The summed E-state index contributed by atoms with van der Waals surface area (Å²) in [5.74, 6) is 0.726. The van der Waals surface area contributed by atoms with E-state index in [0.717, 1.165) is 32.0 Å². The first kappa shape index (κ1) is 17.9. The Morgan fingerprint density at radius 2 is 2.05 bits per heavy atom. The van der Waals surface area contributed by atoms with Gasteiger partial charge in [0.05, 0.1) is 6.61 Å². The van der Waals surface area contributed by atoms with Crippen LogP contribution in [0.1, 0.15) is 72.1 Å². The van der Waals surface area contributed by atoms with Crippen LogP contribution >= 0.6 is 0 Å². The fourth-order valence-electron chi connectivity index (χ4n) is 2.63. The SMILES string of the molecule is CCCCC(CC)COCCCC(C)(CO)NC1CC1. The Kier molecular flexibility index (Phi) is 8.74. The molecule has 1 saturated carbocycles. The van der Waals surface area contributed by atoms with Crippen LogP contribution in [0.2, 0.25) is 0 Å². The maximum atomic E-state index is 9.54. The van der Waals surface area contributed by atoms with Gasteiger partial charge in [-0.1, -0.05) is 33.1 Å². The largest absolute Gasteiger partial charge is 0.394 e. The molecular weight excluding hydrogens is 250 g/mol. The lowest BCUT2D eigenvalue weighted by atomic mass is 9.97. The van der Waals surface area contributed by atoms with E-state index < -0.39 is 0 Å². The third kappa shape index (κ3) is 7.61. The summed E-state index contributed by atoms with van der Waals surface area (Å²) < 4.78 is 5.83. The first-order valence-electron chi connectivity index (χ1n) is 8.59. The highest BCUT2D eigenvalue weighted by Gasteiger charge is 2.31. The van der Waals surface area contributed by atoms with Crippen molar-refractivity contribution in [1.82, 2.24) is 5.32 Å². The number of hydrogen-bond donors (Lipinski definition) is 2. The molecule has 3 nitrogen and oxygen atoms in total. The maximum absolute atomic E-state index is 9.54. The monoisotopic (exact) mass is 285 g/mol. The molecule has 0 aromatic heterocycles. The van der Waals surface area contributed by atoms with Crippen molar-refractivity contribution in [2.75, 3.05) is 19.8 Å². The van der Waals surface area contributed by atoms with Gasteiger partial charge >= 0.3 is 0 Å². The molecule has 1 fully saturated rings. The van der Waals surface area contributed by atoms with Crippen LogP contribution in [0.3, 0.4) is 0 Å². The highest BCUT2D eigenvalue weighted by atomic mass is 16.5. The van der Waals surface area contributed by atoms with Gasteiger partial charge in [-0.05, 0) is 44.9 Å². The number of ether oxygens (including phenoxy) is 1. The third-order valence-corrected chi connectivity index (χ3v) is 4.39. The Labute approximate surface area is 125 Å². The fraction of sp³-hybridized carbons (Fsp3) is 1.00. The lowest BCUT2D eigenvalue weighted by Gasteiger charge is -2.29. The van der Waals surface area contributed by atoms with Crippen LogP contribution in [0.15, 0.2) is 0 Å². The summed E-state index contributed by atoms with van der Waals surface area (Å²) in [6.45, 7) is 8.58. The van der Waals surface area contributed by atoms with Crippen molar-refractivity contribution >= 4 is 0 Å². The van der Waals surface area contributed by atoms with Gasteiger partial charge in [0.15, 0.2) is 0 Å². The topological polar surface area (TPSA) is 41.5 Å². The number of aliphatic hydroxyl groups excluding tert-OH is 1. The van der Waals surface area contributed by atoms with Crippen molar-refractivity contribution in [3.8, 4) is 0 Å². The van der Waals surface area contributed by atoms with Crippen LogP contribution < -0.4 is 5.32 Å². The predicted molar refractivity (Wildman–Crippen MR) is 85.0 cm³/mol. The van der Waals surface area contributed by atoms with Gasteiger partial charge in [-0.3, -0.25) is 0 Å². The lowest BCUT2D eigenvalue weighted by Crippen LogP contribution is -2.47. The Morgan fingerprint density at radius 3 is 2.60 bits per heavy atom. The molecule has 120 valence electrons. The highest BCUT2D eigenvalue weighted by Crippen LogP contribution is 2.24. The van der Waals surface area contributed by atoms with E-state index in [2.05, 4.69) is 26.1 Å². The number of hydrogen-bond acceptors (Lipinski definition) is 3. The molecule has 0 aromatic carbocycles. The van der Waals surface area contributed by atoms with E-state index in [1.165, 1.54) is 38.5 Å². The zero-order valence-electron chi connectivity index (χ0n) is 13.8. The quantitative estimate of drug-likeness (QED) is 0.509. The molecule has 1 rings (SSSR count). The van der Waals surface area contributed by atoms with E-state index >= 15 is 0 Å². The third-order valence-electron chi connectivity index (χ3n) is 4.39. The average Bonchev–Trinajstić information content (AvgIpc) is 3.25. The highest BCUT2D eigenvalue weighted by molar-refractivity contribution is 4.92. The minimum absolute atomic E-state index is 0.114. The molecule has 0 saturated heterocycles. The number of aliphatic hydroxyl groups is 1. The summed E-state index contributed by atoms with van der Waals surface area (Å²) in [7, 11) is 0. The predicted octanol–water partition coefficient (Wildman–Crippen LogP) is 3.50. The summed E-state index contributed by atoms with van der Waals surface area (Å²) in [5.41, 5.74) is -0.114. The standard InChI is InChI=1S/C17H35NO2/c1-4-6-8-15(5-2)13-20-12-7-11-17(3,14-19)18-16-9-10-16/h15-16,18-19H,4-14H2,1-3H3. The van der Waals surface area contributed by atoms with E-state index in [4.69, 9.17) is 4.74 Å². The summed E-state index contributed by atoms with van der Waals surface area (Å²) >= 11 is 0. The molecule has 2 N–H and O–H groups in total. The second-order valence-electron chi connectivity index (χ2n) is 6.73. The molecule has 0 spiro atoms. The van der Waals surface area contributed by atoms with Gasteiger partial charge in [0.2, 0.25) is 0 Å². The van der Waals surface area contributed by atoms with E-state index in [1.54, 1.807) is 0 Å². The van der Waals surface area contributed by atoms with Crippen molar-refractivity contribution in [2.45, 2.75) is 83.7 Å². The van der Waals surface area contributed by atoms with Crippen LogP contribution in [0, 0.1) is 5.92 Å². The molecule has 0 aliphatic heterocycles. The maximum Gasteiger partial charge on any atom is 0.0610 e. The Balaban J connectivity index is 2.07. The first-order chi connectivity index (χ1) is 9.63. The molecule has 2 unspecified atom stereocenters. The van der Waals surface area contributed by atoms with Gasteiger partial charge in [-0.2, -0.15) is 0 Å². The van der Waals surface area contributed by atoms with Crippen molar-refractivity contribution < 1.29 is 9.84 Å². The zero-order valence-corrected chi connectivity index (χ0v) is 13.8. The normalized spacial score (nSPS) is 19.8. The second-order valence-corrected chi connectivity index (χ2v) is 6.73. The van der Waals surface area contributed by atoms with Crippen molar-refractivity contribution in [2.24, 2.45) is 5.92 Å². The molecule has 1 aliphatic carbocycles. The molecule has 0 bridgehead atoms. The lowest BCUT2D eigenvalue weighted by molar-refractivity contribution is 0.0804. The van der Waals surface area contributed by atoms with Crippen molar-refractivity contribution in [1.29, 1.82) is 0 Å². The van der Waals surface area contributed by atoms with Crippen molar-refractivity contribution in [3.63, 3.8) is 0 Å². The van der Waals surface area contributed by atoms with Gasteiger partial charge < -0.3 is 15.2 Å². The number of rotatable bonds is 13. The fourth-order valence-corrected chi connectivity index (χ4v) is 2.63. The summed E-state index contributed by atoms with van der Waals surface area (Å²) in [5, 5.41) is 13.1. The minimum Gasteiger partial charge on any atom is -0.394 e. The zero-order chi connectivity index (χ0) is 14.8. The van der Waals surface area contributed by atoms with Crippen LogP contribution in [-0.2, 0) is 4.74 Å². The van der Waals surface area contributed by atoms with Crippen LogP contribution in [0.25, 0.3) is 0 Å². The molecule has 3 heteroatoms. The van der Waals surface area contributed by atoms with E-state index in [-0.39, 0.29) is 12.1 Å². The Morgan fingerprint density at radius 1 is 1.30 bits per heavy atom. The van der Waals surface area contributed by atoms with E-state index in [1.807, 2.05) is 0 Å². The van der Waals surface area contributed by atoms with Gasteiger partial charge in [0.1, 0.15) is 0 Å². The number of nitrogens with one attached hydrogen (secondary N) is 1. The van der Waals surface area contributed by atoms with E-state index in [0.29, 0.717) is 6.04 Å². The van der Waals surface area contributed by atoms with Gasteiger partial charge in [-0.15, -0.1) is 0 Å². The smallest absolute Gasteiger partial charge is 0.0610 e. The Hall–Kier alpha value is -0.120. The van der Waals surface area contributed by atoms with E-state index in [9.17, 15) is 5.11 Å².